The maximum atomic E-state index is 12.4. The van der Waals surface area contributed by atoms with E-state index in [4.69, 9.17) is 11.6 Å². The number of amides is 2. The molecule has 0 aliphatic rings. The number of nitrogens with zero attached hydrogens (tertiary/aromatic N) is 1. The monoisotopic (exact) mass is 404 g/mol. The van der Waals surface area contributed by atoms with E-state index >= 15 is 0 Å². The molecule has 2 aromatic rings. The molecule has 0 unspecified atom stereocenters. The van der Waals surface area contributed by atoms with Crippen LogP contribution in [0.4, 0.5) is 5.69 Å². The Kier molecular flexibility index (Phi) is 7.75. The molecular weight excluding hydrogens is 380 g/mol. The first-order valence-electron chi connectivity index (χ1n) is 9.02. The van der Waals surface area contributed by atoms with E-state index in [0.29, 0.717) is 40.2 Å². The van der Waals surface area contributed by atoms with E-state index < -0.39 is 0 Å². The molecule has 4 nitrogen and oxygen atoms in total. The lowest BCUT2D eigenvalue weighted by Crippen LogP contribution is -2.30. The highest BCUT2D eigenvalue weighted by Gasteiger charge is 2.16. The predicted octanol–water partition coefficient (Wildman–Crippen LogP) is 5.57. The highest BCUT2D eigenvalue weighted by Crippen LogP contribution is 2.25. The van der Waals surface area contributed by atoms with Gasteiger partial charge in [-0.15, -0.1) is 11.8 Å². The SMILES string of the molecule is CCN(CC)C(=O)c1ccc(NC(=O)c2ccc(SC(C)C)cc2)cc1Cl. The largest absolute Gasteiger partial charge is 0.339 e. The van der Waals surface area contributed by atoms with Crippen LogP contribution in [0.1, 0.15) is 48.4 Å². The van der Waals surface area contributed by atoms with E-state index in [0.717, 1.165) is 4.90 Å². The number of hydrogen-bond acceptors (Lipinski definition) is 3. The van der Waals surface area contributed by atoms with E-state index in [1.807, 2.05) is 26.0 Å². The van der Waals surface area contributed by atoms with Crippen LogP contribution < -0.4 is 5.32 Å². The molecule has 0 fully saturated rings. The quantitative estimate of drug-likeness (QED) is 0.613. The fourth-order valence-electron chi connectivity index (χ4n) is 2.61. The third-order valence-corrected chi connectivity index (χ3v) is 5.32. The summed E-state index contributed by atoms with van der Waals surface area (Å²) in [5.41, 5.74) is 1.57. The number of nitrogens with one attached hydrogen (secondary N) is 1. The molecule has 2 rings (SSSR count). The van der Waals surface area contributed by atoms with Crippen LogP contribution in [0.3, 0.4) is 0 Å². The zero-order valence-electron chi connectivity index (χ0n) is 16.1. The van der Waals surface area contributed by atoms with E-state index in [-0.39, 0.29) is 11.8 Å². The maximum Gasteiger partial charge on any atom is 0.255 e. The van der Waals surface area contributed by atoms with Crippen LogP contribution in [0.5, 0.6) is 0 Å². The van der Waals surface area contributed by atoms with Crippen molar-refractivity contribution in [3.8, 4) is 0 Å². The van der Waals surface area contributed by atoms with Gasteiger partial charge in [0.05, 0.1) is 10.6 Å². The second kappa shape index (κ2) is 9.81. The lowest BCUT2D eigenvalue weighted by Gasteiger charge is -2.19. The second-order valence-electron chi connectivity index (χ2n) is 6.32. The third-order valence-electron chi connectivity index (χ3n) is 4.00. The number of thioether (sulfide) groups is 1. The van der Waals surface area contributed by atoms with Gasteiger partial charge in [-0.1, -0.05) is 25.4 Å². The number of anilines is 1. The van der Waals surface area contributed by atoms with Crippen molar-refractivity contribution < 1.29 is 9.59 Å². The van der Waals surface area contributed by atoms with Gasteiger partial charge >= 0.3 is 0 Å². The average molecular weight is 405 g/mol. The summed E-state index contributed by atoms with van der Waals surface area (Å²) in [6.07, 6.45) is 0. The van der Waals surface area contributed by atoms with E-state index in [1.54, 1.807) is 47.0 Å². The van der Waals surface area contributed by atoms with Crippen molar-refractivity contribution in [2.24, 2.45) is 0 Å². The summed E-state index contributed by atoms with van der Waals surface area (Å²) in [5, 5.41) is 3.64. The Morgan fingerprint density at radius 3 is 2.22 bits per heavy atom. The lowest BCUT2D eigenvalue weighted by molar-refractivity contribution is 0.0773. The smallest absolute Gasteiger partial charge is 0.255 e. The van der Waals surface area contributed by atoms with Crippen LogP contribution in [0, 0.1) is 0 Å². The van der Waals surface area contributed by atoms with Crippen molar-refractivity contribution in [2.75, 3.05) is 18.4 Å². The molecule has 144 valence electrons. The first-order valence-corrected chi connectivity index (χ1v) is 10.3. The Morgan fingerprint density at radius 1 is 1.07 bits per heavy atom. The number of benzene rings is 2. The van der Waals surface area contributed by atoms with Crippen molar-refractivity contribution in [3.63, 3.8) is 0 Å². The summed E-state index contributed by atoms with van der Waals surface area (Å²) in [7, 11) is 0. The molecule has 0 heterocycles. The molecule has 0 aromatic heterocycles. The molecule has 1 N–H and O–H groups in total. The fourth-order valence-corrected chi connectivity index (χ4v) is 3.71. The zero-order chi connectivity index (χ0) is 20.0. The highest BCUT2D eigenvalue weighted by atomic mass is 35.5. The van der Waals surface area contributed by atoms with E-state index in [2.05, 4.69) is 19.2 Å². The van der Waals surface area contributed by atoms with Crippen molar-refractivity contribution in [1.29, 1.82) is 0 Å². The van der Waals surface area contributed by atoms with Crippen molar-refractivity contribution in [1.82, 2.24) is 4.90 Å². The molecule has 2 aromatic carbocycles. The summed E-state index contributed by atoms with van der Waals surface area (Å²) < 4.78 is 0. The lowest BCUT2D eigenvalue weighted by atomic mass is 10.1. The van der Waals surface area contributed by atoms with Crippen molar-refractivity contribution >= 4 is 40.9 Å². The van der Waals surface area contributed by atoms with Crippen LogP contribution in [0.15, 0.2) is 47.4 Å². The first-order chi connectivity index (χ1) is 12.8. The Balaban J connectivity index is 2.10. The van der Waals surface area contributed by atoms with Gasteiger partial charge in [-0.2, -0.15) is 0 Å². The summed E-state index contributed by atoms with van der Waals surface area (Å²) >= 11 is 8.03. The Morgan fingerprint density at radius 2 is 1.70 bits per heavy atom. The molecule has 0 spiro atoms. The van der Waals surface area contributed by atoms with E-state index in [9.17, 15) is 9.59 Å². The van der Waals surface area contributed by atoms with Gasteiger partial charge in [0.1, 0.15) is 0 Å². The average Bonchev–Trinajstić information content (AvgIpc) is 2.62. The first kappa shape index (κ1) is 21.3. The molecule has 0 saturated heterocycles. The molecule has 0 saturated carbocycles. The number of carbonyl (C=O) groups is 2. The third kappa shape index (κ3) is 5.75. The topological polar surface area (TPSA) is 49.4 Å². The minimum absolute atomic E-state index is 0.110. The molecule has 0 atom stereocenters. The molecule has 0 radical (unpaired) electrons. The highest BCUT2D eigenvalue weighted by molar-refractivity contribution is 7.99. The van der Waals surface area contributed by atoms with Crippen LogP contribution in [-0.2, 0) is 0 Å². The zero-order valence-corrected chi connectivity index (χ0v) is 17.7. The van der Waals surface area contributed by atoms with Gasteiger partial charge < -0.3 is 10.2 Å². The molecule has 6 heteroatoms. The van der Waals surface area contributed by atoms with Crippen molar-refractivity contribution in [2.45, 2.75) is 37.8 Å². The number of hydrogen-bond donors (Lipinski definition) is 1. The van der Waals surface area contributed by atoms with Crippen LogP contribution >= 0.6 is 23.4 Å². The Labute approximate surface area is 170 Å². The van der Waals surface area contributed by atoms with E-state index in [1.165, 1.54) is 0 Å². The van der Waals surface area contributed by atoms with Gasteiger partial charge in [-0.25, -0.2) is 0 Å². The van der Waals surface area contributed by atoms with Gasteiger partial charge in [-0.05, 0) is 56.3 Å². The van der Waals surface area contributed by atoms with Gasteiger partial charge in [-0.3, -0.25) is 9.59 Å². The maximum absolute atomic E-state index is 12.4. The molecule has 27 heavy (non-hydrogen) atoms. The predicted molar refractivity (Wildman–Crippen MR) is 114 cm³/mol. The normalized spacial score (nSPS) is 10.7. The number of carbonyl (C=O) groups excluding carboxylic acids is 2. The minimum Gasteiger partial charge on any atom is -0.339 e. The fraction of sp³-hybridized carbons (Fsp3) is 0.333. The van der Waals surface area contributed by atoms with Crippen LogP contribution in [-0.4, -0.2) is 35.1 Å². The van der Waals surface area contributed by atoms with Gasteiger partial charge in [0, 0.05) is 34.5 Å². The summed E-state index contributed by atoms with van der Waals surface area (Å²) in [5.74, 6) is -0.323. The van der Waals surface area contributed by atoms with Gasteiger partial charge in [0.15, 0.2) is 0 Å². The molecule has 2 amide bonds. The minimum atomic E-state index is -0.213. The molecule has 0 aliphatic carbocycles. The Hall–Kier alpha value is -1.98. The Bertz CT molecular complexity index is 802. The van der Waals surface area contributed by atoms with Crippen molar-refractivity contribution in [3.05, 3.63) is 58.6 Å². The van der Waals surface area contributed by atoms with Crippen LogP contribution in [0.25, 0.3) is 0 Å². The summed E-state index contributed by atoms with van der Waals surface area (Å²) in [6, 6.07) is 12.5. The second-order valence-corrected chi connectivity index (χ2v) is 8.37. The molecular formula is C21H25ClN2O2S. The van der Waals surface area contributed by atoms with Gasteiger partial charge in [0.2, 0.25) is 0 Å². The summed E-state index contributed by atoms with van der Waals surface area (Å²) in [6.45, 7) is 9.35. The van der Waals surface area contributed by atoms with Gasteiger partial charge in [0.25, 0.3) is 11.8 Å². The molecule has 0 bridgehead atoms. The number of halogens is 1. The number of rotatable bonds is 7. The summed E-state index contributed by atoms with van der Waals surface area (Å²) in [4.78, 5) is 27.7. The van der Waals surface area contributed by atoms with Crippen LogP contribution in [0.2, 0.25) is 5.02 Å². The standard InChI is InChI=1S/C21H25ClN2O2S/c1-5-24(6-2)21(26)18-12-9-16(13-19(18)22)23-20(25)15-7-10-17(11-8-15)27-14(3)4/h7-14H,5-6H2,1-4H3,(H,23,25). The molecule has 0 aliphatic heterocycles.